The van der Waals surface area contributed by atoms with Gasteiger partial charge in [-0.15, -0.1) is 0 Å². The molecule has 0 aliphatic heterocycles. The lowest BCUT2D eigenvalue weighted by atomic mass is 10.2. The molecule has 0 spiro atoms. The normalized spacial score (nSPS) is 12.9. The van der Waals surface area contributed by atoms with Crippen molar-refractivity contribution in [2.24, 2.45) is 0 Å². The zero-order chi connectivity index (χ0) is 11.2. The molecule has 0 aromatic rings. The molecule has 0 atom stereocenters. The summed E-state index contributed by atoms with van der Waals surface area (Å²) in [5.74, 6) is 0. The van der Waals surface area contributed by atoms with E-state index in [1.165, 1.54) is 25.7 Å². The summed E-state index contributed by atoms with van der Waals surface area (Å²) >= 11 is 0. The highest BCUT2D eigenvalue weighted by molar-refractivity contribution is 5.15. The standard InChI is InChI=1S/C14H22O/c1-2-3-4-5-6-7-8-9-10-11-12-13-14-15/h6-13,15H,2-5,14H2,1H3/b7-6-,9-8+,11-10-,13-12+. The summed E-state index contributed by atoms with van der Waals surface area (Å²) < 4.78 is 0. The average Bonchev–Trinajstić information content (AvgIpc) is 2.26. The first-order valence-corrected chi connectivity index (χ1v) is 5.67. The highest BCUT2D eigenvalue weighted by Gasteiger charge is 1.79. The first-order valence-electron chi connectivity index (χ1n) is 5.67. The Bertz CT molecular complexity index is 221. The minimum Gasteiger partial charge on any atom is -0.392 e. The van der Waals surface area contributed by atoms with Crippen LogP contribution in [0.1, 0.15) is 32.6 Å². The fourth-order valence-corrected chi connectivity index (χ4v) is 1.08. The minimum atomic E-state index is 0.103. The molecule has 0 saturated heterocycles. The molecule has 84 valence electrons. The molecule has 0 aliphatic rings. The zero-order valence-electron chi connectivity index (χ0n) is 9.60. The predicted octanol–water partition coefficient (Wildman–Crippen LogP) is 3.78. The second kappa shape index (κ2) is 12.9. The SMILES string of the molecule is CCCCC\C=C/C=C/C=C\C=C\CO. The van der Waals surface area contributed by atoms with Crippen molar-refractivity contribution in [3.05, 3.63) is 48.6 Å². The highest BCUT2D eigenvalue weighted by atomic mass is 16.2. The number of unbranched alkanes of at least 4 members (excludes halogenated alkanes) is 3. The van der Waals surface area contributed by atoms with Crippen LogP contribution in [0, 0.1) is 0 Å². The van der Waals surface area contributed by atoms with Crippen molar-refractivity contribution in [2.45, 2.75) is 32.6 Å². The lowest BCUT2D eigenvalue weighted by molar-refractivity contribution is 0.343. The summed E-state index contributed by atoms with van der Waals surface area (Å²) in [6.07, 6.45) is 20.7. The van der Waals surface area contributed by atoms with Gasteiger partial charge in [0.15, 0.2) is 0 Å². The number of hydrogen-bond acceptors (Lipinski definition) is 1. The average molecular weight is 206 g/mol. The van der Waals surface area contributed by atoms with Crippen LogP contribution in [0.5, 0.6) is 0 Å². The molecule has 1 heteroatoms. The van der Waals surface area contributed by atoms with Gasteiger partial charge in [0.05, 0.1) is 6.61 Å². The van der Waals surface area contributed by atoms with Crippen LogP contribution in [-0.4, -0.2) is 11.7 Å². The maximum Gasteiger partial charge on any atom is 0.0615 e. The number of aliphatic hydroxyl groups excluding tert-OH is 1. The van der Waals surface area contributed by atoms with E-state index in [0.29, 0.717) is 0 Å². The maximum absolute atomic E-state index is 8.46. The van der Waals surface area contributed by atoms with Crippen LogP contribution in [0.15, 0.2) is 48.6 Å². The molecule has 0 heterocycles. The van der Waals surface area contributed by atoms with E-state index in [9.17, 15) is 0 Å². The quantitative estimate of drug-likeness (QED) is 0.473. The molecular weight excluding hydrogens is 184 g/mol. The summed E-state index contributed by atoms with van der Waals surface area (Å²) in [5, 5.41) is 8.46. The van der Waals surface area contributed by atoms with E-state index >= 15 is 0 Å². The Hall–Kier alpha value is -1.08. The second-order valence-corrected chi connectivity index (χ2v) is 3.30. The van der Waals surface area contributed by atoms with Crippen LogP contribution in [0.2, 0.25) is 0 Å². The number of rotatable bonds is 8. The molecule has 0 saturated carbocycles. The smallest absolute Gasteiger partial charge is 0.0615 e. The van der Waals surface area contributed by atoms with Gasteiger partial charge in [-0.3, -0.25) is 0 Å². The van der Waals surface area contributed by atoms with Crippen LogP contribution < -0.4 is 0 Å². The predicted molar refractivity (Wildman–Crippen MR) is 67.8 cm³/mol. The Morgan fingerprint density at radius 2 is 1.40 bits per heavy atom. The van der Waals surface area contributed by atoms with Gasteiger partial charge in [-0.05, 0) is 12.8 Å². The van der Waals surface area contributed by atoms with E-state index in [1.54, 1.807) is 6.08 Å². The van der Waals surface area contributed by atoms with E-state index < -0.39 is 0 Å². The molecule has 0 bridgehead atoms. The van der Waals surface area contributed by atoms with Gasteiger partial charge in [0.1, 0.15) is 0 Å². The molecule has 0 aromatic heterocycles. The third-order valence-electron chi connectivity index (χ3n) is 1.91. The largest absolute Gasteiger partial charge is 0.392 e. The van der Waals surface area contributed by atoms with Gasteiger partial charge in [-0.25, -0.2) is 0 Å². The molecule has 15 heavy (non-hydrogen) atoms. The van der Waals surface area contributed by atoms with Crippen molar-refractivity contribution in [2.75, 3.05) is 6.61 Å². The third kappa shape index (κ3) is 12.9. The molecule has 1 nitrogen and oxygen atoms in total. The van der Waals surface area contributed by atoms with Crippen molar-refractivity contribution < 1.29 is 5.11 Å². The molecule has 0 rings (SSSR count). The molecule has 0 unspecified atom stereocenters. The van der Waals surface area contributed by atoms with E-state index in [2.05, 4.69) is 19.1 Å². The maximum atomic E-state index is 8.46. The summed E-state index contributed by atoms with van der Waals surface area (Å²) in [7, 11) is 0. The lowest BCUT2D eigenvalue weighted by Gasteiger charge is -1.89. The summed E-state index contributed by atoms with van der Waals surface area (Å²) in [4.78, 5) is 0. The summed E-state index contributed by atoms with van der Waals surface area (Å²) in [6.45, 7) is 2.32. The summed E-state index contributed by atoms with van der Waals surface area (Å²) in [5.41, 5.74) is 0. The van der Waals surface area contributed by atoms with Crippen molar-refractivity contribution in [3.63, 3.8) is 0 Å². The van der Waals surface area contributed by atoms with Crippen LogP contribution in [0.4, 0.5) is 0 Å². The molecule has 0 fully saturated rings. The molecule has 1 N–H and O–H groups in total. The molecular formula is C14H22O. The lowest BCUT2D eigenvalue weighted by Crippen LogP contribution is -1.69. The van der Waals surface area contributed by atoms with E-state index in [-0.39, 0.29) is 6.61 Å². The Morgan fingerprint density at radius 1 is 0.800 bits per heavy atom. The van der Waals surface area contributed by atoms with E-state index in [0.717, 1.165) is 0 Å². The van der Waals surface area contributed by atoms with Crippen molar-refractivity contribution in [3.8, 4) is 0 Å². The Morgan fingerprint density at radius 3 is 2.00 bits per heavy atom. The van der Waals surface area contributed by atoms with Gasteiger partial charge in [0, 0.05) is 0 Å². The molecule has 0 radical (unpaired) electrons. The van der Waals surface area contributed by atoms with Crippen LogP contribution in [0.25, 0.3) is 0 Å². The van der Waals surface area contributed by atoms with Gasteiger partial charge in [-0.1, -0.05) is 68.4 Å². The van der Waals surface area contributed by atoms with E-state index in [1.807, 2.05) is 30.4 Å². The van der Waals surface area contributed by atoms with Crippen LogP contribution in [0.3, 0.4) is 0 Å². The highest BCUT2D eigenvalue weighted by Crippen LogP contribution is 1.99. The van der Waals surface area contributed by atoms with Gasteiger partial charge < -0.3 is 5.11 Å². The van der Waals surface area contributed by atoms with E-state index in [4.69, 9.17) is 5.11 Å². The number of allylic oxidation sites excluding steroid dienone is 7. The first kappa shape index (κ1) is 13.9. The Kier molecular flexibility index (Phi) is 12.0. The van der Waals surface area contributed by atoms with Gasteiger partial charge in [-0.2, -0.15) is 0 Å². The number of aliphatic hydroxyl groups is 1. The third-order valence-corrected chi connectivity index (χ3v) is 1.91. The minimum absolute atomic E-state index is 0.103. The molecule has 0 amide bonds. The molecule has 0 aromatic carbocycles. The molecule has 0 aliphatic carbocycles. The summed E-state index contributed by atoms with van der Waals surface area (Å²) in [6, 6.07) is 0. The second-order valence-electron chi connectivity index (χ2n) is 3.30. The topological polar surface area (TPSA) is 20.2 Å². The van der Waals surface area contributed by atoms with Crippen molar-refractivity contribution in [1.82, 2.24) is 0 Å². The Labute approximate surface area is 93.5 Å². The monoisotopic (exact) mass is 206 g/mol. The fourth-order valence-electron chi connectivity index (χ4n) is 1.08. The Balaban J connectivity index is 3.44. The van der Waals surface area contributed by atoms with Crippen LogP contribution >= 0.6 is 0 Å². The van der Waals surface area contributed by atoms with Gasteiger partial charge in [0.25, 0.3) is 0 Å². The first-order chi connectivity index (χ1) is 7.41. The zero-order valence-corrected chi connectivity index (χ0v) is 9.60. The van der Waals surface area contributed by atoms with Crippen LogP contribution in [-0.2, 0) is 0 Å². The number of hydrogen-bond donors (Lipinski definition) is 1. The van der Waals surface area contributed by atoms with Gasteiger partial charge >= 0.3 is 0 Å². The fraction of sp³-hybridized carbons (Fsp3) is 0.429. The van der Waals surface area contributed by atoms with Crippen molar-refractivity contribution in [1.29, 1.82) is 0 Å². The van der Waals surface area contributed by atoms with Gasteiger partial charge in [0.2, 0.25) is 0 Å². The van der Waals surface area contributed by atoms with Crippen molar-refractivity contribution >= 4 is 0 Å².